The maximum Gasteiger partial charge on any atom is 0.327 e. The second-order valence-electron chi connectivity index (χ2n) is 8.51. The Hall–Kier alpha value is -0.710. The normalized spacial score (nSPS) is 21.3. The Bertz CT molecular complexity index is 539. The van der Waals surface area contributed by atoms with E-state index in [-0.39, 0.29) is 18.6 Å². The van der Waals surface area contributed by atoms with Gasteiger partial charge in [-0.2, -0.15) is 0 Å². The average Bonchev–Trinajstić information content (AvgIpc) is 3.08. The van der Waals surface area contributed by atoms with Gasteiger partial charge < -0.3 is 13.9 Å². The van der Waals surface area contributed by atoms with E-state index in [1.54, 1.807) is 0 Å². The molecule has 1 heterocycles. The topological polar surface area (TPSA) is 72.9 Å². The molecule has 0 aromatic carbocycles. The second-order valence-corrected chi connectivity index (χ2v) is 10.7. The number of rotatable bonds is 16. The van der Waals surface area contributed by atoms with Crippen LogP contribution in [0.2, 0.25) is 0 Å². The van der Waals surface area contributed by atoms with Crippen LogP contribution in [0.15, 0.2) is 0 Å². The van der Waals surface area contributed by atoms with Crippen LogP contribution in [0, 0.1) is 5.92 Å². The minimum absolute atomic E-state index is 0.000477. The van der Waals surface area contributed by atoms with Crippen molar-refractivity contribution in [1.82, 2.24) is 4.90 Å². The van der Waals surface area contributed by atoms with E-state index < -0.39 is 7.60 Å². The average molecular weight is 432 g/mol. The van der Waals surface area contributed by atoms with Gasteiger partial charge in [0, 0.05) is 39.6 Å². The van der Waals surface area contributed by atoms with Crippen LogP contribution in [0.25, 0.3) is 0 Å². The van der Waals surface area contributed by atoms with E-state index >= 15 is 0 Å². The van der Waals surface area contributed by atoms with Gasteiger partial charge in [0.25, 0.3) is 0 Å². The van der Waals surface area contributed by atoms with E-state index in [1.165, 1.54) is 33.0 Å². The Morgan fingerprint density at radius 2 is 1.55 bits per heavy atom. The van der Waals surface area contributed by atoms with Crippen LogP contribution in [0.3, 0.4) is 0 Å². The quantitative estimate of drug-likeness (QED) is 0.235. The molecule has 1 fully saturated rings. The van der Waals surface area contributed by atoms with Gasteiger partial charge in [0.15, 0.2) is 0 Å². The predicted molar refractivity (Wildman–Crippen MR) is 117 cm³/mol. The minimum atomic E-state index is -3.01. The molecule has 0 bridgehead atoms. The van der Waals surface area contributed by atoms with Crippen LogP contribution in [-0.2, 0) is 23.2 Å². The first-order chi connectivity index (χ1) is 13.8. The van der Waals surface area contributed by atoms with Crippen molar-refractivity contribution < 1.29 is 23.2 Å². The summed E-state index contributed by atoms with van der Waals surface area (Å²) in [7, 11) is -1.62. The van der Waals surface area contributed by atoms with Crippen molar-refractivity contribution in [2.24, 2.45) is 5.92 Å². The number of hydrogen-bond donors (Lipinski definition) is 0. The van der Waals surface area contributed by atoms with Crippen molar-refractivity contribution in [3.63, 3.8) is 0 Å². The van der Waals surface area contributed by atoms with Crippen LogP contribution in [-0.4, -0.2) is 49.6 Å². The van der Waals surface area contributed by atoms with E-state index in [9.17, 15) is 14.2 Å². The number of carbonyl (C=O) groups is 2. The highest BCUT2D eigenvalue weighted by molar-refractivity contribution is 7.52. The smallest absolute Gasteiger partial charge is 0.327 e. The zero-order chi connectivity index (χ0) is 21.7. The first-order valence-electron chi connectivity index (χ1n) is 11.4. The summed E-state index contributed by atoms with van der Waals surface area (Å²) in [5.41, 5.74) is 0. The Labute approximate surface area is 177 Å². The molecule has 3 atom stereocenters. The molecule has 1 rings (SSSR count). The van der Waals surface area contributed by atoms with Crippen LogP contribution < -0.4 is 0 Å². The number of likely N-dealkylation sites (tertiary alicyclic amines) is 1. The molecule has 1 saturated heterocycles. The molecule has 0 N–H and O–H groups in total. The zero-order valence-electron chi connectivity index (χ0n) is 19.0. The van der Waals surface area contributed by atoms with E-state index in [1.807, 2.05) is 11.8 Å². The third-order valence-electron chi connectivity index (χ3n) is 5.77. The Balaban J connectivity index is 2.13. The number of hydrogen-bond acceptors (Lipinski definition) is 5. The fourth-order valence-corrected chi connectivity index (χ4v) is 4.42. The molecule has 1 aliphatic heterocycles. The Morgan fingerprint density at radius 1 is 1.00 bits per heavy atom. The summed E-state index contributed by atoms with van der Waals surface area (Å²) in [5, 5.41) is 0. The summed E-state index contributed by atoms with van der Waals surface area (Å²) < 4.78 is 22.2. The van der Waals surface area contributed by atoms with Crippen molar-refractivity contribution in [3.8, 4) is 0 Å². The zero-order valence-corrected chi connectivity index (χ0v) is 19.9. The van der Waals surface area contributed by atoms with E-state index in [0.717, 1.165) is 51.5 Å². The fourth-order valence-electron chi connectivity index (χ4n) is 3.87. The molecule has 29 heavy (non-hydrogen) atoms. The molecule has 7 heteroatoms. The first-order valence-corrected chi connectivity index (χ1v) is 13.4. The predicted octanol–water partition coefficient (Wildman–Crippen LogP) is 5.59. The third kappa shape index (κ3) is 11.3. The van der Waals surface area contributed by atoms with Gasteiger partial charge in [0.05, 0.1) is 12.6 Å². The van der Waals surface area contributed by atoms with E-state index in [2.05, 4.69) is 6.92 Å². The fraction of sp³-hybridized carbons (Fsp3) is 0.909. The van der Waals surface area contributed by atoms with Crippen molar-refractivity contribution in [1.29, 1.82) is 0 Å². The highest BCUT2D eigenvalue weighted by Gasteiger charge is 2.34. The lowest BCUT2D eigenvalue weighted by Gasteiger charge is -2.25. The van der Waals surface area contributed by atoms with Crippen molar-refractivity contribution in [3.05, 3.63) is 0 Å². The van der Waals surface area contributed by atoms with Gasteiger partial charge in [-0.15, -0.1) is 0 Å². The van der Waals surface area contributed by atoms with Crippen LogP contribution in [0.5, 0.6) is 0 Å². The van der Waals surface area contributed by atoms with E-state index in [4.69, 9.17) is 9.05 Å². The lowest BCUT2D eigenvalue weighted by molar-refractivity contribution is -0.132. The standard InChI is InChI=1S/C22H42NO5P/c1-5-21(24)14-12-10-8-6-7-9-11-13-15-22(25)23-17-19(2)16-20(23)18-28-29(4,26)27-3/h19-20H,5-18H2,1-4H3/t19-,20?,29?/m1/s1. The number of Topliss-reactive ketones (excluding diaryl/α,β-unsaturated/α-hetero) is 1. The molecule has 0 radical (unpaired) electrons. The monoisotopic (exact) mass is 431 g/mol. The van der Waals surface area contributed by atoms with Gasteiger partial charge in [-0.25, -0.2) is 0 Å². The number of unbranched alkanes of at least 4 members (excludes halogenated alkanes) is 7. The molecule has 2 unspecified atom stereocenters. The minimum Gasteiger partial charge on any atom is -0.337 e. The summed E-state index contributed by atoms with van der Waals surface area (Å²) >= 11 is 0. The lowest BCUT2D eigenvalue weighted by Crippen LogP contribution is -2.38. The number of ketones is 1. The third-order valence-corrected chi connectivity index (χ3v) is 7.05. The van der Waals surface area contributed by atoms with Gasteiger partial charge in [0.1, 0.15) is 5.78 Å². The first kappa shape index (κ1) is 26.3. The second kappa shape index (κ2) is 14.3. The van der Waals surface area contributed by atoms with Crippen molar-refractivity contribution >= 4 is 19.3 Å². The summed E-state index contributed by atoms with van der Waals surface area (Å²) in [5.74, 6) is 1.00. The maximum atomic E-state index is 12.6. The summed E-state index contributed by atoms with van der Waals surface area (Å²) in [6, 6.07) is 0.000477. The van der Waals surface area contributed by atoms with Crippen LogP contribution in [0.1, 0.15) is 90.9 Å². The maximum absolute atomic E-state index is 12.6. The number of nitrogens with zero attached hydrogens (tertiary/aromatic N) is 1. The van der Waals surface area contributed by atoms with Gasteiger partial charge >= 0.3 is 7.60 Å². The molecule has 1 aliphatic rings. The van der Waals surface area contributed by atoms with Gasteiger partial charge in [-0.1, -0.05) is 52.4 Å². The SMILES string of the molecule is CCC(=O)CCCCCCCCCCC(=O)N1C[C@H](C)CC1COP(C)(=O)OC. The molecule has 6 nitrogen and oxygen atoms in total. The number of carbonyl (C=O) groups excluding carboxylic acids is 2. The molecular weight excluding hydrogens is 389 g/mol. The molecule has 0 aromatic rings. The van der Waals surface area contributed by atoms with Crippen LogP contribution >= 0.6 is 7.60 Å². The van der Waals surface area contributed by atoms with Crippen molar-refractivity contribution in [2.75, 3.05) is 26.9 Å². The van der Waals surface area contributed by atoms with Crippen molar-refractivity contribution in [2.45, 2.75) is 96.9 Å². The van der Waals surface area contributed by atoms with Gasteiger partial charge in [-0.05, 0) is 25.2 Å². The van der Waals surface area contributed by atoms with Gasteiger partial charge in [-0.3, -0.25) is 14.2 Å². The molecule has 170 valence electrons. The molecular formula is C22H42NO5P. The molecule has 0 saturated carbocycles. The number of amides is 1. The molecule has 0 aliphatic carbocycles. The summed E-state index contributed by atoms with van der Waals surface area (Å²) in [6.07, 6.45) is 11.8. The Kier molecular flexibility index (Phi) is 13.0. The van der Waals surface area contributed by atoms with E-state index in [0.29, 0.717) is 24.5 Å². The molecule has 0 spiro atoms. The Morgan fingerprint density at radius 3 is 2.10 bits per heavy atom. The lowest BCUT2D eigenvalue weighted by atomic mass is 10.0. The largest absolute Gasteiger partial charge is 0.337 e. The molecule has 1 amide bonds. The van der Waals surface area contributed by atoms with Crippen LogP contribution in [0.4, 0.5) is 0 Å². The highest BCUT2D eigenvalue weighted by Crippen LogP contribution is 2.43. The molecule has 0 aromatic heterocycles. The highest BCUT2D eigenvalue weighted by atomic mass is 31.2. The summed E-state index contributed by atoms with van der Waals surface area (Å²) in [6.45, 7) is 6.56. The summed E-state index contributed by atoms with van der Waals surface area (Å²) in [4.78, 5) is 25.8. The van der Waals surface area contributed by atoms with Gasteiger partial charge in [0.2, 0.25) is 5.91 Å².